The lowest BCUT2D eigenvalue weighted by Crippen LogP contribution is -2.26. The van der Waals surface area contributed by atoms with E-state index in [0.717, 1.165) is 12.8 Å². The molecule has 1 atom stereocenters. The third kappa shape index (κ3) is 1.91. The largest absolute Gasteiger partial charge is 0.395 e. The van der Waals surface area contributed by atoms with Gasteiger partial charge < -0.3 is 10.8 Å². The van der Waals surface area contributed by atoms with Gasteiger partial charge in [0.25, 0.3) is 0 Å². The molecule has 11 heavy (non-hydrogen) atoms. The molecular weight excluding hydrogens is 138 g/mol. The zero-order valence-corrected chi connectivity index (χ0v) is 6.66. The highest BCUT2D eigenvalue weighted by atomic mass is 16.3. The molecular formula is C9H15NO. The Morgan fingerprint density at radius 3 is 2.73 bits per heavy atom. The van der Waals surface area contributed by atoms with E-state index in [2.05, 4.69) is 12.2 Å². The van der Waals surface area contributed by atoms with Gasteiger partial charge in [0.05, 0.1) is 6.61 Å². The van der Waals surface area contributed by atoms with Crippen molar-refractivity contribution in [3.8, 4) is 0 Å². The summed E-state index contributed by atoms with van der Waals surface area (Å²) >= 11 is 0. The number of rotatable bonds is 3. The van der Waals surface area contributed by atoms with Gasteiger partial charge in [-0.3, -0.25) is 0 Å². The van der Waals surface area contributed by atoms with E-state index in [1.54, 1.807) is 0 Å². The molecule has 62 valence electrons. The van der Waals surface area contributed by atoms with E-state index < -0.39 is 0 Å². The van der Waals surface area contributed by atoms with Crippen molar-refractivity contribution in [1.29, 1.82) is 0 Å². The van der Waals surface area contributed by atoms with Crippen LogP contribution >= 0.6 is 0 Å². The second kappa shape index (κ2) is 3.69. The molecule has 0 aromatic rings. The first-order chi connectivity index (χ1) is 5.33. The van der Waals surface area contributed by atoms with Crippen LogP contribution in [0.4, 0.5) is 0 Å². The van der Waals surface area contributed by atoms with E-state index in [-0.39, 0.29) is 12.0 Å². The van der Waals surface area contributed by atoms with E-state index in [4.69, 9.17) is 10.8 Å². The Morgan fingerprint density at radius 2 is 2.27 bits per heavy atom. The lowest BCUT2D eigenvalue weighted by atomic mass is 9.79. The van der Waals surface area contributed by atoms with Gasteiger partial charge in [0.15, 0.2) is 0 Å². The lowest BCUT2D eigenvalue weighted by Gasteiger charge is -2.28. The first-order valence-electron chi connectivity index (χ1n) is 3.98. The van der Waals surface area contributed by atoms with Gasteiger partial charge in [-0.2, -0.15) is 0 Å². The number of aliphatic hydroxyl groups is 1. The molecule has 0 radical (unpaired) electrons. The molecule has 0 saturated heterocycles. The first kappa shape index (κ1) is 8.50. The molecule has 0 fully saturated rings. The molecule has 1 aliphatic carbocycles. The van der Waals surface area contributed by atoms with E-state index >= 15 is 0 Å². The molecule has 1 rings (SSSR count). The van der Waals surface area contributed by atoms with Gasteiger partial charge in [0.2, 0.25) is 0 Å². The average Bonchev–Trinajstić information content (AvgIpc) is 2.07. The van der Waals surface area contributed by atoms with Crippen molar-refractivity contribution in [2.75, 3.05) is 13.2 Å². The van der Waals surface area contributed by atoms with E-state index in [0.29, 0.717) is 6.54 Å². The SMILES string of the molecule is NCC[C@@]1(CO)C=CC=CC1. The third-order valence-corrected chi connectivity index (χ3v) is 2.18. The van der Waals surface area contributed by atoms with Crippen molar-refractivity contribution < 1.29 is 5.11 Å². The highest BCUT2D eigenvalue weighted by molar-refractivity contribution is 5.16. The second-order valence-corrected chi connectivity index (χ2v) is 3.05. The van der Waals surface area contributed by atoms with E-state index in [1.807, 2.05) is 12.2 Å². The summed E-state index contributed by atoms with van der Waals surface area (Å²) in [4.78, 5) is 0. The summed E-state index contributed by atoms with van der Waals surface area (Å²) in [7, 11) is 0. The quantitative estimate of drug-likeness (QED) is 0.631. The van der Waals surface area contributed by atoms with Gasteiger partial charge in [-0.15, -0.1) is 0 Å². The minimum atomic E-state index is -0.0660. The summed E-state index contributed by atoms with van der Waals surface area (Å²) in [5.41, 5.74) is 5.39. The van der Waals surface area contributed by atoms with Crippen LogP contribution in [0.3, 0.4) is 0 Å². The van der Waals surface area contributed by atoms with Crippen molar-refractivity contribution >= 4 is 0 Å². The second-order valence-electron chi connectivity index (χ2n) is 3.05. The minimum absolute atomic E-state index is 0.0660. The van der Waals surface area contributed by atoms with Gasteiger partial charge >= 0.3 is 0 Å². The fourth-order valence-corrected chi connectivity index (χ4v) is 1.38. The van der Waals surface area contributed by atoms with Crippen LogP contribution in [0, 0.1) is 5.41 Å². The molecule has 0 spiro atoms. The zero-order chi connectivity index (χ0) is 8.16. The maximum absolute atomic E-state index is 9.13. The van der Waals surface area contributed by atoms with Crippen molar-refractivity contribution in [3.63, 3.8) is 0 Å². The van der Waals surface area contributed by atoms with E-state index in [9.17, 15) is 0 Å². The molecule has 0 aliphatic heterocycles. The number of allylic oxidation sites excluding steroid dienone is 3. The van der Waals surface area contributed by atoms with E-state index in [1.165, 1.54) is 0 Å². The van der Waals surface area contributed by atoms with Gasteiger partial charge in [-0.05, 0) is 19.4 Å². The molecule has 3 N–H and O–H groups in total. The van der Waals surface area contributed by atoms with Crippen molar-refractivity contribution in [2.45, 2.75) is 12.8 Å². The number of aliphatic hydroxyl groups excluding tert-OH is 1. The summed E-state index contributed by atoms with van der Waals surface area (Å²) in [6.45, 7) is 0.837. The van der Waals surface area contributed by atoms with Gasteiger partial charge in [0.1, 0.15) is 0 Å². The Balaban J connectivity index is 2.60. The summed E-state index contributed by atoms with van der Waals surface area (Å²) in [6, 6.07) is 0. The average molecular weight is 153 g/mol. The zero-order valence-electron chi connectivity index (χ0n) is 6.66. The van der Waals surface area contributed by atoms with Crippen LogP contribution in [-0.2, 0) is 0 Å². The Kier molecular flexibility index (Phi) is 2.85. The Hall–Kier alpha value is -0.600. The van der Waals surface area contributed by atoms with Gasteiger partial charge in [-0.25, -0.2) is 0 Å². The molecule has 2 heteroatoms. The summed E-state index contributed by atoms with van der Waals surface area (Å²) in [5, 5.41) is 9.13. The fourth-order valence-electron chi connectivity index (χ4n) is 1.38. The number of hydrogen-bond acceptors (Lipinski definition) is 2. The molecule has 0 saturated carbocycles. The number of nitrogens with two attached hydrogens (primary N) is 1. The van der Waals surface area contributed by atoms with Crippen LogP contribution in [0.1, 0.15) is 12.8 Å². The Labute approximate surface area is 67.4 Å². The molecule has 0 heterocycles. The summed E-state index contributed by atoms with van der Waals surface area (Å²) < 4.78 is 0. The first-order valence-corrected chi connectivity index (χ1v) is 3.98. The predicted octanol–water partition coefficient (Wildman–Crippen LogP) is 0.830. The molecule has 0 aromatic heterocycles. The van der Waals surface area contributed by atoms with Crippen molar-refractivity contribution in [1.82, 2.24) is 0 Å². The number of hydrogen-bond donors (Lipinski definition) is 2. The standard InChI is InChI=1S/C9H15NO/c10-7-6-9(8-11)4-2-1-3-5-9/h1-4,11H,5-8,10H2/t9-/m1/s1. The molecule has 1 aliphatic rings. The maximum Gasteiger partial charge on any atom is 0.0525 e. The third-order valence-electron chi connectivity index (χ3n) is 2.18. The van der Waals surface area contributed by atoms with Crippen LogP contribution in [-0.4, -0.2) is 18.3 Å². The van der Waals surface area contributed by atoms with Crippen LogP contribution in [0.2, 0.25) is 0 Å². The van der Waals surface area contributed by atoms with Crippen LogP contribution in [0.5, 0.6) is 0 Å². The van der Waals surface area contributed by atoms with Crippen LogP contribution < -0.4 is 5.73 Å². The van der Waals surface area contributed by atoms with Crippen LogP contribution in [0.15, 0.2) is 24.3 Å². The highest BCUT2D eigenvalue weighted by Crippen LogP contribution is 2.30. The Bertz CT molecular complexity index is 174. The Morgan fingerprint density at radius 1 is 1.45 bits per heavy atom. The summed E-state index contributed by atoms with van der Waals surface area (Å²) in [6.07, 6.45) is 9.90. The molecule has 2 nitrogen and oxygen atoms in total. The predicted molar refractivity (Wildman–Crippen MR) is 46.1 cm³/mol. The van der Waals surface area contributed by atoms with Crippen molar-refractivity contribution in [2.24, 2.45) is 11.1 Å². The summed E-state index contributed by atoms with van der Waals surface area (Å²) in [5.74, 6) is 0. The lowest BCUT2D eigenvalue weighted by molar-refractivity contribution is 0.162. The molecule has 0 unspecified atom stereocenters. The molecule has 0 amide bonds. The smallest absolute Gasteiger partial charge is 0.0525 e. The van der Waals surface area contributed by atoms with Gasteiger partial charge in [-0.1, -0.05) is 24.3 Å². The maximum atomic E-state index is 9.13. The van der Waals surface area contributed by atoms with Crippen molar-refractivity contribution in [3.05, 3.63) is 24.3 Å². The minimum Gasteiger partial charge on any atom is -0.395 e. The fraction of sp³-hybridized carbons (Fsp3) is 0.556. The molecule has 0 bridgehead atoms. The van der Waals surface area contributed by atoms with Gasteiger partial charge in [0, 0.05) is 5.41 Å². The van der Waals surface area contributed by atoms with Crippen LogP contribution in [0.25, 0.3) is 0 Å². The topological polar surface area (TPSA) is 46.2 Å². The highest BCUT2D eigenvalue weighted by Gasteiger charge is 2.24. The monoisotopic (exact) mass is 153 g/mol. The molecule has 0 aromatic carbocycles. The normalized spacial score (nSPS) is 29.3.